The molecule has 1 aliphatic heterocycles. The third-order valence-electron chi connectivity index (χ3n) is 3.08. The lowest BCUT2D eigenvalue weighted by atomic mass is 10.2. The molecular weight excluding hydrogens is 268 g/mol. The number of aromatic nitrogens is 4. The fraction of sp³-hybridized carbons (Fsp3) is 0.455. The number of hydrogen-bond acceptors (Lipinski definition) is 6. The van der Waals surface area contributed by atoms with Crippen molar-refractivity contribution in [3.05, 3.63) is 17.0 Å². The lowest BCUT2D eigenvalue weighted by molar-refractivity contribution is 0.0759. The van der Waals surface area contributed by atoms with Crippen LogP contribution < -0.4 is 4.90 Å². The molecule has 98 valence electrons. The lowest BCUT2D eigenvalue weighted by Gasteiger charge is -2.32. The van der Waals surface area contributed by atoms with Crippen molar-refractivity contribution in [1.82, 2.24) is 19.6 Å². The van der Waals surface area contributed by atoms with E-state index in [9.17, 15) is 0 Å². The third kappa shape index (κ3) is 1.99. The zero-order valence-corrected chi connectivity index (χ0v) is 11.0. The van der Waals surface area contributed by atoms with Gasteiger partial charge in [-0.15, -0.1) is 0 Å². The molecule has 2 aromatic heterocycles. The number of nitrogens with zero attached hydrogens (tertiary/aromatic N) is 6. The number of hydrogen-bond donors (Lipinski definition) is 0. The van der Waals surface area contributed by atoms with Crippen LogP contribution in [0.15, 0.2) is 6.33 Å². The number of halogens is 1. The molecule has 0 aliphatic carbocycles. The van der Waals surface area contributed by atoms with Gasteiger partial charge >= 0.3 is 0 Å². The predicted molar refractivity (Wildman–Crippen MR) is 68.1 cm³/mol. The van der Waals surface area contributed by atoms with Gasteiger partial charge in [-0.25, -0.2) is 0 Å². The summed E-state index contributed by atoms with van der Waals surface area (Å²) in [6.45, 7) is 3.53. The number of morpholine rings is 1. The van der Waals surface area contributed by atoms with Crippen LogP contribution in [-0.2, 0) is 4.74 Å². The van der Waals surface area contributed by atoms with Gasteiger partial charge in [0.2, 0.25) is 0 Å². The van der Waals surface area contributed by atoms with Crippen LogP contribution in [0.4, 0.5) is 5.82 Å². The van der Waals surface area contributed by atoms with Crippen LogP contribution in [0.2, 0.25) is 5.15 Å². The summed E-state index contributed by atoms with van der Waals surface area (Å²) >= 11 is 6.12. The summed E-state index contributed by atoms with van der Waals surface area (Å²) in [4.78, 5) is 10.2. The summed E-state index contributed by atoms with van der Waals surface area (Å²) in [5.41, 5.74) is 0.818. The topological polar surface area (TPSA) is 79.3 Å². The van der Waals surface area contributed by atoms with E-state index in [1.54, 1.807) is 4.52 Å². The Balaban J connectivity index is 2.11. The average Bonchev–Trinajstić information content (AvgIpc) is 2.87. The molecule has 1 unspecified atom stereocenters. The monoisotopic (exact) mass is 278 g/mol. The average molecular weight is 279 g/mol. The molecule has 0 radical (unpaired) electrons. The standard InChI is InChI=1S/C11H11ClN6O/c1-7-9(12)16-11-14-6-15-18(11)10(7)17-2-3-19-8(4-13)5-17/h6,8H,2-3,5H2,1H3. The molecule has 19 heavy (non-hydrogen) atoms. The fourth-order valence-electron chi connectivity index (χ4n) is 2.17. The molecule has 0 bridgehead atoms. The van der Waals surface area contributed by atoms with Gasteiger partial charge in [0.15, 0.2) is 6.10 Å². The highest BCUT2D eigenvalue weighted by Crippen LogP contribution is 2.26. The van der Waals surface area contributed by atoms with Gasteiger partial charge < -0.3 is 9.64 Å². The van der Waals surface area contributed by atoms with Gasteiger partial charge in [-0.2, -0.15) is 24.8 Å². The summed E-state index contributed by atoms with van der Waals surface area (Å²) in [6, 6.07) is 2.12. The summed E-state index contributed by atoms with van der Waals surface area (Å²) in [5.74, 6) is 1.27. The van der Waals surface area contributed by atoms with Crippen molar-refractivity contribution in [3.8, 4) is 6.07 Å². The van der Waals surface area contributed by atoms with Crippen LogP contribution in [-0.4, -0.2) is 45.4 Å². The highest BCUT2D eigenvalue weighted by Gasteiger charge is 2.25. The van der Waals surface area contributed by atoms with Gasteiger partial charge in [-0.3, -0.25) is 0 Å². The molecule has 0 spiro atoms. The van der Waals surface area contributed by atoms with Crippen molar-refractivity contribution in [3.63, 3.8) is 0 Å². The molecule has 0 amide bonds. The van der Waals surface area contributed by atoms with E-state index in [1.807, 2.05) is 11.8 Å². The second kappa shape index (κ2) is 4.64. The minimum absolute atomic E-state index is 0.399. The van der Waals surface area contributed by atoms with Crippen LogP contribution in [0.1, 0.15) is 5.56 Å². The van der Waals surface area contributed by atoms with Crippen LogP contribution in [0.5, 0.6) is 0 Å². The first-order chi connectivity index (χ1) is 9.20. The Morgan fingerprint density at radius 1 is 1.58 bits per heavy atom. The van der Waals surface area contributed by atoms with Crippen LogP contribution in [0.3, 0.4) is 0 Å². The minimum Gasteiger partial charge on any atom is -0.360 e. The Kier molecular flexibility index (Phi) is 2.97. The van der Waals surface area contributed by atoms with E-state index in [0.29, 0.717) is 30.6 Å². The second-order valence-electron chi connectivity index (χ2n) is 4.26. The smallest absolute Gasteiger partial charge is 0.255 e. The maximum atomic E-state index is 8.98. The zero-order valence-electron chi connectivity index (χ0n) is 10.2. The van der Waals surface area contributed by atoms with E-state index in [4.69, 9.17) is 21.6 Å². The molecular formula is C11H11ClN6O. The first-order valence-electron chi connectivity index (χ1n) is 5.82. The van der Waals surface area contributed by atoms with Gasteiger partial charge in [0.1, 0.15) is 17.3 Å². The van der Waals surface area contributed by atoms with Gasteiger partial charge in [0, 0.05) is 12.1 Å². The fourth-order valence-corrected chi connectivity index (χ4v) is 2.33. The Morgan fingerprint density at radius 3 is 3.21 bits per heavy atom. The van der Waals surface area contributed by atoms with Gasteiger partial charge in [0.05, 0.1) is 19.2 Å². The van der Waals surface area contributed by atoms with E-state index >= 15 is 0 Å². The molecule has 3 rings (SSSR count). The molecule has 2 aromatic rings. The lowest BCUT2D eigenvalue weighted by Crippen LogP contribution is -2.43. The Bertz CT molecular complexity index is 663. The number of nitriles is 1. The van der Waals surface area contributed by atoms with E-state index in [-0.39, 0.29) is 0 Å². The highest BCUT2D eigenvalue weighted by atomic mass is 35.5. The predicted octanol–water partition coefficient (Wildman–Crippen LogP) is 0.815. The molecule has 1 aliphatic rings. The van der Waals surface area contributed by atoms with Crippen molar-refractivity contribution < 1.29 is 4.74 Å². The van der Waals surface area contributed by atoms with Gasteiger partial charge in [-0.1, -0.05) is 11.6 Å². The van der Waals surface area contributed by atoms with Gasteiger partial charge in [-0.05, 0) is 6.92 Å². The molecule has 1 saturated heterocycles. The molecule has 3 heterocycles. The SMILES string of the molecule is Cc1c(Cl)nc2ncnn2c1N1CCOC(C#N)C1. The number of anilines is 1. The van der Waals surface area contributed by atoms with Crippen molar-refractivity contribution in [2.75, 3.05) is 24.6 Å². The number of rotatable bonds is 1. The largest absolute Gasteiger partial charge is 0.360 e. The van der Waals surface area contributed by atoms with Crippen LogP contribution in [0, 0.1) is 18.3 Å². The molecule has 1 fully saturated rings. The minimum atomic E-state index is -0.446. The van der Waals surface area contributed by atoms with E-state index < -0.39 is 6.10 Å². The quantitative estimate of drug-likeness (QED) is 0.719. The maximum Gasteiger partial charge on any atom is 0.255 e. The van der Waals surface area contributed by atoms with Crippen molar-refractivity contribution in [1.29, 1.82) is 5.26 Å². The Hall–Kier alpha value is -1.91. The molecule has 7 nitrogen and oxygen atoms in total. The second-order valence-corrected chi connectivity index (χ2v) is 4.62. The first-order valence-corrected chi connectivity index (χ1v) is 6.20. The third-order valence-corrected chi connectivity index (χ3v) is 3.45. The molecule has 0 saturated carbocycles. The van der Waals surface area contributed by atoms with Crippen molar-refractivity contribution >= 4 is 23.2 Å². The van der Waals surface area contributed by atoms with E-state index in [1.165, 1.54) is 6.33 Å². The molecule has 0 N–H and O–H groups in total. The van der Waals surface area contributed by atoms with Crippen molar-refractivity contribution in [2.45, 2.75) is 13.0 Å². The molecule has 8 heteroatoms. The van der Waals surface area contributed by atoms with E-state index in [2.05, 4.69) is 21.1 Å². The van der Waals surface area contributed by atoms with Gasteiger partial charge in [0.25, 0.3) is 5.78 Å². The molecule has 0 aromatic carbocycles. The summed E-state index contributed by atoms with van der Waals surface area (Å²) < 4.78 is 6.99. The Labute approximate surface area is 114 Å². The van der Waals surface area contributed by atoms with E-state index in [0.717, 1.165) is 11.4 Å². The maximum absolute atomic E-state index is 8.98. The summed E-state index contributed by atoms with van der Waals surface area (Å²) in [6.07, 6.45) is 0.989. The van der Waals surface area contributed by atoms with Crippen molar-refractivity contribution in [2.24, 2.45) is 0 Å². The number of fused-ring (bicyclic) bond motifs is 1. The highest BCUT2D eigenvalue weighted by molar-refractivity contribution is 6.30. The summed E-state index contributed by atoms with van der Waals surface area (Å²) in [7, 11) is 0. The Morgan fingerprint density at radius 2 is 2.42 bits per heavy atom. The zero-order chi connectivity index (χ0) is 13.4. The summed E-state index contributed by atoms with van der Waals surface area (Å²) in [5, 5.41) is 13.5. The normalized spacial score (nSPS) is 19.6. The number of ether oxygens (including phenoxy) is 1. The first kappa shape index (κ1) is 12.1. The van der Waals surface area contributed by atoms with Crippen LogP contribution in [0.25, 0.3) is 5.78 Å². The van der Waals surface area contributed by atoms with Crippen LogP contribution >= 0.6 is 11.6 Å². The molecule has 1 atom stereocenters.